The number of aromatic hydroxyl groups is 1. The highest BCUT2D eigenvalue weighted by Crippen LogP contribution is 2.32. The molecule has 2 aromatic heterocycles. The van der Waals surface area contributed by atoms with Gasteiger partial charge in [0.25, 0.3) is 0 Å². The first kappa shape index (κ1) is 11.7. The fourth-order valence-corrected chi connectivity index (χ4v) is 2.22. The van der Waals surface area contributed by atoms with Gasteiger partial charge in [-0.05, 0) is 18.2 Å². The highest BCUT2D eigenvalue weighted by atomic mass is 32.2. The number of nitrogen functional groups attached to an aromatic ring is 1. The number of hydrogen-bond donors (Lipinski definition) is 2. The molecule has 3 N–H and O–H groups in total. The Hall–Kier alpha value is -2.35. The van der Waals surface area contributed by atoms with Gasteiger partial charge in [-0.25, -0.2) is 9.97 Å². The highest BCUT2D eigenvalue weighted by molar-refractivity contribution is 7.92. The lowest BCUT2D eigenvalue weighted by atomic mass is 10.1. The molecule has 8 heteroatoms. The van der Waals surface area contributed by atoms with E-state index in [0.29, 0.717) is 22.3 Å². The second-order valence-corrected chi connectivity index (χ2v) is 4.30. The summed E-state index contributed by atoms with van der Waals surface area (Å²) in [7, 11) is 0. The average Bonchev–Trinajstić information content (AvgIpc) is 2.76. The molecular weight excluding hydrogens is 269 g/mol. The predicted molar refractivity (Wildman–Crippen MR) is 70.9 cm³/mol. The summed E-state index contributed by atoms with van der Waals surface area (Å²) in [6.07, 6.45) is 1.29. The largest absolute Gasteiger partial charge is 0.508 e. The van der Waals surface area contributed by atoms with Gasteiger partial charge in [0, 0.05) is 11.5 Å². The number of hydrogen-bond acceptors (Lipinski definition) is 6. The van der Waals surface area contributed by atoms with Crippen molar-refractivity contribution in [2.75, 3.05) is 5.73 Å². The maximum absolute atomic E-state index is 13.0. The summed E-state index contributed by atoms with van der Waals surface area (Å²) in [4.78, 5) is 7.85. The van der Waals surface area contributed by atoms with Gasteiger partial charge in [-0.15, -0.1) is 3.89 Å². The molecule has 96 valence electrons. The first-order valence-electron chi connectivity index (χ1n) is 5.28. The Morgan fingerprint density at radius 1 is 1.26 bits per heavy atom. The molecule has 0 aliphatic carbocycles. The van der Waals surface area contributed by atoms with Crippen LogP contribution in [-0.2, 0) is 0 Å². The molecule has 0 spiro atoms. The normalized spacial score (nSPS) is 11.0. The van der Waals surface area contributed by atoms with E-state index >= 15 is 0 Å². The molecule has 0 amide bonds. The Balaban J connectivity index is 2.34. The summed E-state index contributed by atoms with van der Waals surface area (Å²) in [5.41, 5.74) is 7.01. The van der Waals surface area contributed by atoms with Crippen LogP contribution < -0.4 is 5.73 Å². The molecule has 0 unspecified atom stereocenters. The molecule has 2 heterocycles. The number of rotatable bonds is 2. The third-order valence-corrected chi connectivity index (χ3v) is 3.02. The summed E-state index contributed by atoms with van der Waals surface area (Å²) >= 11 is -0.0496. The van der Waals surface area contributed by atoms with E-state index < -0.39 is 0 Å². The molecule has 3 rings (SSSR count). The molecule has 0 saturated heterocycles. The third kappa shape index (κ3) is 1.95. The minimum atomic E-state index is -0.0496. The molecule has 0 fully saturated rings. The molecule has 6 nitrogen and oxygen atoms in total. The van der Waals surface area contributed by atoms with Crippen molar-refractivity contribution < 1.29 is 8.99 Å². The van der Waals surface area contributed by atoms with Crippen molar-refractivity contribution in [3.05, 3.63) is 30.6 Å². The zero-order valence-electron chi connectivity index (χ0n) is 9.49. The van der Waals surface area contributed by atoms with E-state index in [1.165, 1.54) is 24.5 Å². The van der Waals surface area contributed by atoms with Gasteiger partial charge in [0.15, 0.2) is 12.3 Å². The van der Waals surface area contributed by atoms with Crippen LogP contribution in [0.2, 0.25) is 0 Å². The molecule has 1 aromatic carbocycles. The molecule has 0 radical (unpaired) electrons. The molecule has 0 bridgehead atoms. The number of anilines is 1. The summed E-state index contributed by atoms with van der Waals surface area (Å²) in [6, 6.07) is 6.11. The number of phenolic OH excluding ortho intramolecular Hbond substituents is 1. The van der Waals surface area contributed by atoms with E-state index in [2.05, 4.69) is 15.1 Å². The summed E-state index contributed by atoms with van der Waals surface area (Å²) < 4.78 is 14.1. The minimum Gasteiger partial charge on any atom is -0.508 e. The van der Waals surface area contributed by atoms with E-state index in [9.17, 15) is 8.99 Å². The lowest BCUT2D eigenvalue weighted by Crippen LogP contribution is -1.96. The molecule has 19 heavy (non-hydrogen) atoms. The van der Waals surface area contributed by atoms with Crippen LogP contribution in [0.3, 0.4) is 0 Å². The Kier molecular flexibility index (Phi) is 2.71. The number of nitrogens with zero attached hydrogens (tertiary/aromatic N) is 4. The van der Waals surface area contributed by atoms with Crippen LogP contribution >= 0.6 is 12.3 Å². The van der Waals surface area contributed by atoms with Crippen molar-refractivity contribution in [3.63, 3.8) is 0 Å². The molecule has 0 saturated carbocycles. The van der Waals surface area contributed by atoms with Crippen molar-refractivity contribution in [1.82, 2.24) is 19.2 Å². The van der Waals surface area contributed by atoms with Gasteiger partial charge in [-0.1, -0.05) is 0 Å². The minimum absolute atomic E-state index is 0.0496. The topological polar surface area (TPSA) is 89.8 Å². The van der Waals surface area contributed by atoms with Gasteiger partial charge in [-0.3, -0.25) is 0 Å². The number of fused-ring (bicyclic) bond motifs is 1. The first-order valence-corrected chi connectivity index (χ1v) is 5.95. The molecule has 0 aliphatic rings. The van der Waals surface area contributed by atoms with Crippen LogP contribution in [0.4, 0.5) is 9.70 Å². The maximum Gasteiger partial charge on any atom is 0.188 e. The quantitative estimate of drug-likeness (QED) is 0.746. The summed E-state index contributed by atoms with van der Waals surface area (Å²) in [5.74, 6) is 0.342. The van der Waals surface area contributed by atoms with Gasteiger partial charge >= 0.3 is 0 Å². The van der Waals surface area contributed by atoms with Crippen LogP contribution in [-0.4, -0.2) is 24.3 Å². The van der Waals surface area contributed by atoms with Crippen LogP contribution in [0.5, 0.6) is 5.75 Å². The summed E-state index contributed by atoms with van der Waals surface area (Å²) in [5, 5.41) is 14.2. The fourth-order valence-electron chi connectivity index (χ4n) is 1.84. The second kappa shape index (κ2) is 4.39. The van der Waals surface area contributed by atoms with Crippen molar-refractivity contribution in [3.8, 4) is 17.1 Å². The van der Waals surface area contributed by atoms with E-state index in [0.717, 1.165) is 4.09 Å². The van der Waals surface area contributed by atoms with Gasteiger partial charge in [0.1, 0.15) is 23.6 Å². The van der Waals surface area contributed by atoms with Gasteiger partial charge in [0.2, 0.25) is 0 Å². The standard InChI is InChI=1S/C11H8FN5OS/c12-19-17-11(9-4-10(13)15-5-14-9)7-3-6(18)1-2-8(7)16-17/h1-5,18H,(H2,13,14,15). The van der Waals surface area contributed by atoms with E-state index in [1.54, 1.807) is 6.07 Å². The Morgan fingerprint density at radius 3 is 2.84 bits per heavy atom. The SMILES string of the molecule is Nc1cc(-c2c3cc(O)ccc3nn2SF)ncn1. The van der Waals surface area contributed by atoms with Crippen LogP contribution in [0.25, 0.3) is 22.3 Å². The molecular formula is C11H8FN5OS. The van der Waals surface area contributed by atoms with E-state index in [1.807, 2.05) is 0 Å². The van der Waals surface area contributed by atoms with Crippen molar-refractivity contribution >= 4 is 29.1 Å². The van der Waals surface area contributed by atoms with Crippen molar-refractivity contribution in [2.24, 2.45) is 0 Å². The zero-order valence-corrected chi connectivity index (χ0v) is 10.3. The van der Waals surface area contributed by atoms with Crippen LogP contribution in [0.15, 0.2) is 30.6 Å². The maximum atomic E-state index is 13.0. The lowest BCUT2D eigenvalue weighted by molar-refractivity contribution is 0.476. The molecule has 0 atom stereocenters. The Bertz CT molecular complexity index is 760. The highest BCUT2D eigenvalue weighted by Gasteiger charge is 2.16. The number of aromatic nitrogens is 4. The Morgan fingerprint density at radius 2 is 2.11 bits per heavy atom. The fraction of sp³-hybridized carbons (Fsp3) is 0. The monoisotopic (exact) mass is 277 g/mol. The van der Waals surface area contributed by atoms with Crippen molar-refractivity contribution in [1.29, 1.82) is 0 Å². The zero-order chi connectivity index (χ0) is 13.4. The van der Waals surface area contributed by atoms with Gasteiger partial charge < -0.3 is 10.8 Å². The summed E-state index contributed by atoms with van der Waals surface area (Å²) in [6.45, 7) is 0. The molecule has 3 aromatic rings. The van der Waals surface area contributed by atoms with E-state index in [4.69, 9.17) is 5.73 Å². The number of phenols is 1. The lowest BCUT2D eigenvalue weighted by Gasteiger charge is -2.02. The number of nitrogens with two attached hydrogens (primary N) is 1. The van der Waals surface area contributed by atoms with E-state index in [-0.39, 0.29) is 23.9 Å². The first-order chi connectivity index (χ1) is 9.19. The molecule has 0 aliphatic heterocycles. The second-order valence-electron chi connectivity index (χ2n) is 3.82. The predicted octanol–water partition coefficient (Wildman–Crippen LogP) is 2.16. The van der Waals surface area contributed by atoms with Gasteiger partial charge in [-0.2, -0.15) is 9.19 Å². The number of halogens is 1. The Labute approximate surface area is 111 Å². The van der Waals surface area contributed by atoms with Gasteiger partial charge in [0.05, 0.1) is 11.2 Å². The van der Waals surface area contributed by atoms with Crippen LogP contribution in [0, 0.1) is 0 Å². The average molecular weight is 277 g/mol. The smallest absolute Gasteiger partial charge is 0.188 e. The third-order valence-electron chi connectivity index (χ3n) is 2.62. The van der Waals surface area contributed by atoms with Crippen molar-refractivity contribution in [2.45, 2.75) is 0 Å². The number of benzene rings is 1. The van der Waals surface area contributed by atoms with Crippen LogP contribution in [0.1, 0.15) is 0 Å².